The van der Waals surface area contributed by atoms with Crippen LogP contribution < -0.4 is 0 Å². The molecular formula is C7H4Cl2. The van der Waals surface area contributed by atoms with E-state index in [9.17, 15) is 0 Å². The maximum atomic E-state index is 5.60. The molecule has 0 heterocycles. The molecule has 0 aliphatic rings. The van der Waals surface area contributed by atoms with Crippen LogP contribution in [0, 0.1) is 6.92 Å². The fourth-order valence-corrected chi connectivity index (χ4v) is 0.910. The maximum absolute atomic E-state index is 5.60. The quantitative estimate of drug-likeness (QED) is 0.545. The van der Waals surface area contributed by atoms with Gasteiger partial charge in [-0.05, 0) is 17.7 Å². The minimum Gasteiger partial charge on any atom is -0.0843 e. The molecule has 0 aliphatic heterocycles. The molecular weight excluding hydrogens is 155 g/mol. The fraction of sp³-hybridized carbons (Fsp3) is 0. The Labute approximate surface area is 64.4 Å². The van der Waals surface area contributed by atoms with Crippen molar-refractivity contribution < 1.29 is 0 Å². The van der Waals surface area contributed by atoms with Crippen molar-refractivity contribution in [1.82, 2.24) is 0 Å². The molecule has 1 aromatic carbocycles. The Morgan fingerprint density at radius 3 is 2.33 bits per heavy atom. The second kappa shape index (κ2) is 2.59. The largest absolute Gasteiger partial charge is 0.0843 e. The smallest absolute Gasteiger partial charge is 0.0456 e. The molecule has 0 atom stereocenters. The molecule has 0 fully saturated rings. The molecule has 0 bridgehead atoms. The SMILES string of the molecule is [CH]c1ccc(Cl)cc1Cl. The zero-order valence-electron chi connectivity index (χ0n) is 4.57. The summed E-state index contributed by atoms with van der Waals surface area (Å²) in [4.78, 5) is 0. The van der Waals surface area contributed by atoms with Crippen LogP contribution in [0.15, 0.2) is 18.2 Å². The highest BCUT2D eigenvalue weighted by Crippen LogP contribution is 2.19. The van der Waals surface area contributed by atoms with E-state index in [1.54, 1.807) is 18.2 Å². The summed E-state index contributed by atoms with van der Waals surface area (Å²) in [7, 11) is 0. The monoisotopic (exact) mass is 158 g/mol. The molecule has 1 rings (SSSR count). The zero-order valence-corrected chi connectivity index (χ0v) is 6.08. The van der Waals surface area contributed by atoms with Gasteiger partial charge in [0.1, 0.15) is 0 Å². The van der Waals surface area contributed by atoms with E-state index in [4.69, 9.17) is 30.1 Å². The van der Waals surface area contributed by atoms with Crippen LogP contribution in [-0.2, 0) is 0 Å². The lowest BCUT2D eigenvalue weighted by atomic mass is 10.2. The molecule has 0 saturated heterocycles. The highest BCUT2D eigenvalue weighted by molar-refractivity contribution is 6.35. The van der Waals surface area contributed by atoms with Gasteiger partial charge in [0.05, 0.1) is 0 Å². The van der Waals surface area contributed by atoms with E-state index in [-0.39, 0.29) is 0 Å². The second-order valence-corrected chi connectivity index (χ2v) is 2.51. The average Bonchev–Trinajstić information content (AvgIpc) is 1.80. The third-order valence-electron chi connectivity index (χ3n) is 0.962. The molecule has 0 N–H and O–H groups in total. The Kier molecular flexibility index (Phi) is 1.99. The lowest BCUT2D eigenvalue weighted by Gasteiger charge is -1.94. The van der Waals surface area contributed by atoms with Crippen molar-refractivity contribution in [2.24, 2.45) is 0 Å². The molecule has 0 nitrogen and oxygen atoms in total. The van der Waals surface area contributed by atoms with Gasteiger partial charge in [-0.3, -0.25) is 0 Å². The van der Waals surface area contributed by atoms with Crippen molar-refractivity contribution in [2.75, 3.05) is 0 Å². The fourth-order valence-electron chi connectivity index (χ4n) is 0.502. The summed E-state index contributed by atoms with van der Waals surface area (Å²) < 4.78 is 0. The Morgan fingerprint density at radius 1 is 1.22 bits per heavy atom. The van der Waals surface area contributed by atoms with Crippen molar-refractivity contribution in [3.63, 3.8) is 0 Å². The van der Waals surface area contributed by atoms with Gasteiger partial charge >= 0.3 is 0 Å². The van der Waals surface area contributed by atoms with Crippen LogP contribution in [0.1, 0.15) is 5.56 Å². The molecule has 0 aromatic heterocycles. The van der Waals surface area contributed by atoms with Gasteiger partial charge in [-0.2, -0.15) is 0 Å². The molecule has 0 aliphatic carbocycles. The Morgan fingerprint density at radius 2 is 1.89 bits per heavy atom. The number of rotatable bonds is 0. The summed E-state index contributed by atoms with van der Waals surface area (Å²) in [6.07, 6.45) is 0. The van der Waals surface area contributed by atoms with Crippen LogP contribution in [0.25, 0.3) is 0 Å². The standard InChI is InChI=1S/C7H4Cl2/c1-5-2-3-6(8)4-7(5)9/h1-4H. The van der Waals surface area contributed by atoms with E-state index >= 15 is 0 Å². The maximum Gasteiger partial charge on any atom is 0.0456 e. The molecule has 2 heteroatoms. The Hall–Kier alpha value is -0.200. The van der Waals surface area contributed by atoms with Gasteiger partial charge in [-0.1, -0.05) is 29.3 Å². The number of hydrogen-bond donors (Lipinski definition) is 0. The van der Waals surface area contributed by atoms with Crippen molar-refractivity contribution >= 4 is 23.2 Å². The first-order valence-corrected chi connectivity index (χ1v) is 3.16. The van der Waals surface area contributed by atoms with Crippen molar-refractivity contribution in [3.05, 3.63) is 40.7 Å². The first-order valence-electron chi connectivity index (χ1n) is 2.40. The van der Waals surface area contributed by atoms with Crippen LogP contribution >= 0.6 is 23.2 Å². The van der Waals surface area contributed by atoms with Crippen LogP contribution in [0.3, 0.4) is 0 Å². The molecule has 9 heavy (non-hydrogen) atoms. The summed E-state index contributed by atoms with van der Waals surface area (Å²) in [5, 5.41) is 1.11. The predicted octanol–water partition coefficient (Wildman–Crippen LogP) is 3.05. The van der Waals surface area contributed by atoms with Crippen LogP contribution in [-0.4, -0.2) is 0 Å². The summed E-state index contributed by atoms with van der Waals surface area (Å²) in [5.74, 6) is 0. The van der Waals surface area contributed by atoms with Gasteiger partial charge in [0.25, 0.3) is 0 Å². The molecule has 0 spiro atoms. The summed E-state index contributed by atoms with van der Waals surface area (Å²) in [5.41, 5.74) is 0.557. The Bertz CT molecular complexity index is 218. The minimum atomic E-state index is 0.502. The highest BCUT2D eigenvalue weighted by atomic mass is 35.5. The van der Waals surface area contributed by atoms with E-state index in [1.165, 1.54) is 0 Å². The normalized spacial score (nSPS) is 9.67. The predicted molar refractivity (Wildman–Crippen MR) is 39.9 cm³/mol. The topological polar surface area (TPSA) is 0 Å². The first kappa shape index (κ1) is 6.91. The summed E-state index contributed by atoms with van der Waals surface area (Å²) in [6.45, 7) is 5.40. The molecule has 46 valence electrons. The molecule has 0 amide bonds. The molecule has 0 saturated carbocycles. The zero-order chi connectivity index (χ0) is 6.85. The molecule has 0 unspecified atom stereocenters. The van der Waals surface area contributed by atoms with Gasteiger partial charge in [0.15, 0.2) is 0 Å². The lowest BCUT2D eigenvalue weighted by Crippen LogP contribution is -1.71. The van der Waals surface area contributed by atoms with Crippen LogP contribution in [0.5, 0.6) is 0 Å². The summed E-state index contributed by atoms with van der Waals surface area (Å²) >= 11 is 11.2. The van der Waals surface area contributed by atoms with Crippen molar-refractivity contribution in [3.8, 4) is 0 Å². The van der Waals surface area contributed by atoms with E-state index in [1.807, 2.05) is 0 Å². The van der Waals surface area contributed by atoms with E-state index in [2.05, 4.69) is 0 Å². The minimum absolute atomic E-state index is 0.502. The second-order valence-electron chi connectivity index (χ2n) is 1.67. The molecule has 2 radical (unpaired) electrons. The van der Waals surface area contributed by atoms with Gasteiger partial charge in [0, 0.05) is 17.0 Å². The third-order valence-corrected chi connectivity index (χ3v) is 1.52. The summed E-state index contributed by atoms with van der Waals surface area (Å²) in [6, 6.07) is 4.98. The number of benzene rings is 1. The van der Waals surface area contributed by atoms with Crippen molar-refractivity contribution in [1.29, 1.82) is 0 Å². The average molecular weight is 159 g/mol. The van der Waals surface area contributed by atoms with E-state index in [0.717, 1.165) is 0 Å². The van der Waals surface area contributed by atoms with Gasteiger partial charge < -0.3 is 0 Å². The highest BCUT2D eigenvalue weighted by Gasteiger charge is 1.93. The Balaban J connectivity index is 3.17. The van der Waals surface area contributed by atoms with E-state index in [0.29, 0.717) is 15.6 Å². The third kappa shape index (κ3) is 1.60. The molecule has 1 aromatic rings. The number of halogens is 2. The van der Waals surface area contributed by atoms with Crippen molar-refractivity contribution in [2.45, 2.75) is 0 Å². The van der Waals surface area contributed by atoms with E-state index < -0.39 is 0 Å². The van der Waals surface area contributed by atoms with Crippen LogP contribution in [0.2, 0.25) is 10.0 Å². The van der Waals surface area contributed by atoms with Gasteiger partial charge in [0.2, 0.25) is 0 Å². The first-order chi connectivity index (χ1) is 4.20. The van der Waals surface area contributed by atoms with Crippen LogP contribution in [0.4, 0.5) is 0 Å². The lowest BCUT2D eigenvalue weighted by molar-refractivity contribution is 1.61. The van der Waals surface area contributed by atoms with Gasteiger partial charge in [-0.25, -0.2) is 0 Å². The number of hydrogen-bond acceptors (Lipinski definition) is 0. The van der Waals surface area contributed by atoms with Gasteiger partial charge in [-0.15, -0.1) is 0 Å².